The van der Waals surface area contributed by atoms with Crippen molar-refractivity contribution in [3.05, 3.63) is 11.6 Å². The predicted molar refractivity (Wildman–Crippen MR) is 81.5 cm³/mol. The first-order valence-electron chi connectivity index (χ1n) is 8.04. The lowest BCUT2D eigenvalue weighted by atomic mass is 9.99. The van der Waals surface area contributed by atoms with Crippen LogP contribution in [-0.4, -0.2) is 51.0 Å². The van der Waals surface area contributed by atoms with Crippen molar-refractivity contribution in [3.8, 4) is 0 Å². The molecule has 2 aliphatic rings. The van der Waals surface area contributed by atoms with Gasteiger partial charge in [0.1, 0.15) is 11.4 Å². The van der Waals surface area contributed by atoms with E-state index in [1.54, 1.807) is 4.90 Å². The van der Waals surface area contributed by atoms with Gasteiger partial charge in [0.05, 0.1) is 6.54 Å². The molecule has 2 aliphatic heterocycles. The molecule has 0 aliphatic carbocycles. The van der Waals surface area contributed by atoms with Crippen molar-refractivity contribution in [2.24, 2.45) is 0 Å². The molecular formula is C15H25N5O2. The van der Waals surface area contributed by atoms with E-state index in [4.69, 9.17) is 4.74 Å². The number of piperidine rings is 1. The van der Waals surface area contributed by atoms with Crippen molar-refractivity contribution >= 4 is 6.09 Å². The highest BCUT2D eigenvalue weighted by Crippen LogP contribution is 2.24. The highest BCUT2D eigenvalue weighted by Gasteiger charge is 2.30. The molecule has 1 fully saturated rings. The summed E-state index contributed by atoms with van der Waals surface area (Å²) < 4.78 is 7.61. The van der Waals surface area contributed by atoms with Gasteiger partial charge in [-0.3, -0.25) is 4.90 Å². The monoisotopic (exact) mass is 307 g/mol. The van der Waals surface area contributed by atoms with Gasteiger partial charge < -0.3 is 14.6 Å². The number of carbonyl (C=O) groups excluding carboxylic acids is 1. The molecule has 7 nitrogen and oxygen atoms in total. The van der Waals surface area contributed by atoms with Crippen LogP contribution in [0, 0.1) is 0 Å². The molecule has 3 heterocycles. The van der Waals surface area contributed by atoms with Gasteiger partial charge in [-0.05, 0) is 40.2 Å². The molecule has 0 unspecified atom stereocenters. The maximum Gasteiger partial charge on any atom is 0.410 e. The van der Waals surface area contributed by atoms with Gasteiger partial charge in [-0.15, -0.1) is 10.2 Å². The van der Waals surface area contributed by atoms with E-state index in [0.717, 1.165) is 37.7 Å². The number of nitrogens with zero attached hydrogens (tertiary/aromatic N) is 4. The van der Waals surface area contributed by atoms with Gasteiger partial charge in [0, 0.05) is 25.6 Å². The summed E-state index contributed by atoms with van der Waals surface area (Å²) in [5.74, 6) is 2.35. The number of hydrogen-bond acceptors (Lipinski definition) is 5. The van der Waals surface area contributed by atoms with Crippen LogP contribution in [0.1, 0.15) is 51.2 Å². The zero-order chi connectivity index (χ0) is 15.7. The second kappa shape index (κ2) is 5.87. The second-order valence-corrected chi connectivity index (χ2v) is 7.07. The Bertz CT molecular complexity index is 543. The highest BCUT2D eigenvalue weighted by atomic mass is 16.6. The zero-order valence-electron chi connectivity index (χ0n) is 13.6. The van der Waals surface area contributed by atoms with Crippen molar-refractivity contribution < 1.29 is 9.53 Å². The molecule has 1 atom stereocenters. The Balaban J connectivity index is 1.69. The molecule has 1 aromatic rings. The van der Waals surface area contributed by atoms with Crippen LogP contribution in [-0.2, 0) is 17.8 Å². The molecule has 0 saturated carbocycles. The number of carbonyl (C=O) groups is 1. The minimum absolute atomic E-state index is 0.275. The second-order valence-electron chi connectivity index (χ2n) is 7.07. The van der Waals surface area contributed by atoms with Crippen molar-refractivity contribution in [3.63, 3.8) is 0 Å². The van der Waals surface area contributed by atoms with Gasteiger partial charge in [0.25, 0.3) is 0 Å². The number of rotatable bonds is 1. The summed E-state index contributed by atoms with van der Waals surface area (Å²) in [6, 6.07) is 0. The van der Waals surface area contributed by atoms with Gasteiger partial charge in [-0.2, -0.15) is 0 Å². The van der Waals surface area contributed by atoms with Crippen LogP contribution < -0.4 is 5.32 Å². The summed E-state index contributed by atoms with van der Waals surface area (Å²) >= 11 is 0. The molecular weight excluding hydrogens is 282 g/mol. The molecule has 0 aromatic carbocycles. The van der Waals surface area contributed by atoms with E-state index in [1.165, 1.54) is 6.42 Å². The molecule has 1 saturated heterocycles. The van der Waals surface area contributed by atoms with E-state index in [-0.39, 0.29) is 6.09 Å². The molecule has 1 amide bonds. The molecule has 0 bridgehead atoms. The fraction of sp³-hybridized carbons (Fsp3) is 0.800. The summed E-state index contributed by atoms with van der Waals surface area (Å²) in [7, 11) is 0. The Morgan fingerprint density at radius 3 is 2.82 bits per heavy atom. The number of nitrogens with one attached hydrogen (secondary N) is 1. The highest BCUT2D eigenvalue weighted by molar-refractivity contribution is 5.68. The van der Waals surface area contributed by atoms with Crippen LogP contribution in [0.5, 0.6) is 0 Å². The van der Waals surface area contributed by atoms with E-state index in [1.807, 2.05) is 20.8 Å². The average molecular weight is 307 g/mol. The molecule has 0 spiro atoms. The smallest absolute Gasteiger partial charge is 0.410 e. The largest absolute Gasteiger partial charge is 0.444 e. The lowest BCUT2D eigenvalue weighted by molar-refractivity contribution is 0.0194. The van der Waals surface area contributed by atoms with Gasteiger partial charge in [-0.25, -0.2) is 4.79 Å². The normalized spacial score (nSPS) is 22.3. The van der Waals surface area contributed by atoms with Crippen molar-refractivity contribution in [1.29, 1.82) is 0 Å². The van der Waals surface area contributed by atoms with Gasteiger partial charge >= 0.3 is 6.09 Å². The minimum Gasteiger partial charge on any atom is -0.444 e. The Kier molecular flexibility index (Phi) is 4.08. The lowest BCUT2D eigenvalue weighted by Crippen LogP contribution is -2.42. The Morgan fingerprint density at radius 2 is 2.14 bits per heavy atom. The summed E-state index contributed by atoms with van der Waals surface area (Å²) in [6.45, 7) is 9.56. The number of ether oxygens (including phenoxy) is 1. The maximum atomic E-state index is 12.2. The van der Waals surface area contributed by atoms with E-state index in [2.05, 4.69) is 20.1 Å². The average Bonchev–Trinajstić information content (AvgIpc) is 2.89. The number of hydrogen-bond donors (Lipinski definition) is 1. The fourth-order valence-electron chi connectivity index (χ4n) is 3.04. The predicted octanol–water partition coefficient (Wildman–Crippen LogP) is 1.50. The first kappa shape index (κ1) is 15.3. The first-order valence-corrected chi connectivity index (χ1v) is 8.04. The summed E-state index contributed by atoms with van der Waals surface area (Å²) in [4.78, 5) is 13.9. The SMILES string of the molecule is CC(C)(C)OC(=O)N1CCn2c(nnc2[C@@H]2CCCNC2)C1. The third-order valence-corrected chi connectivity index (χ3v) is 4.10. The molecule has 1 aromatic heterocycles. The van der Waals surface area contributed by atoms with Crippen molar-refractivity contribution in [1.82, 2.24) is 25.0 Å². The number of fused-ring (bicyclic) bond motifs is 1. The Morgan fingerprint density at radius 1 is 1.32 bits per heavy atom. The lowest BCUT2D eigenvalue weighted by Gasteiger charge is -2.31. The Labute approximate surface area is 131 Å². The fourth-order valence-corrected chi connectivity index (χ4v) is 3.04. The van der Waals surface area contributed by atoms with Gasteiger partial charge in [0.2, 0.25) is 0 Å². The molecule has 122 valence electrons. The quantitative estimate of drug-likeness (QED) is 0.851. The standard InChI is InChI=1S/C15H25N5O2/c1-15(2,3)22-14(21)19-7-8-20-12(10-19)17-18-13(20)11-5-4-6-16-9-11/h11,16H,4-10H2,1-3H3/t11-/m1/s1. The summed E-state index contributed by atoms with van der Waals surface area (Å²) in [5, 5.41) is 12.1. The topological polar surface area (TPSA) is 72.3 Å². The van der Waals surface area contributed by atoms with E-state index >= 15 is 0 Å². The first-order chi connectivity index (χ1) is 10.4. The van der Waals surface area contributed by atoms with Crippen LogP contribution >= 0.6 is 0 Å². The number of amides is 1. The van der Waals surface area contributed by atoms with Crippen LogP contribution in [0.15, 0.2) is 0 Å². The molecule has 22 heavy (non-hydrogen) atoms. The van der Waals surface area contributed by atoms with Crippen LogP contribution in [0.4, 0.5) is 4.79 Å². The van der Waals surface area contributed by atoms with Gasteiger partial charge in [-0.1, -0.05) is 0 Å². The molecule has 0 radical (unpaired) electrons. The zero-order valence-corrected chi connectivity index (χ0v) is 13.6. The number of aromatic nitrogens is 3. The molecule has 7 heteroatoms. The maximum absolute atomic E-state index is 12.2. The molecule has 3 rings (SSSR count). The van der Waals surface area contributed by atoms with Crippen molar-refractivity contribution in [2.45, 2.75) is 58.2 Å². The van der Waals surface area contributed by atoms with Crippen molar-refractivity contribution in [2.75, 3.05) is 19.6 Å². The van der Waals surface area contributed by atoms with E-state index < -0.39 is 5.60 Å². The summed E-state index contributed by atoms with van der Waals surface area (Å²) in [5.41, 5.74) is -0.471. The van der Waals surface area contributed by atoms with Gasteiger partial charge in [0.15, 0.2) is 5.82 Å². The minimum atomic E-state index is -0.471. The van der Waals surface area contributed by atoms with Crippen LogP contribution in [0.2, 0.25) is 0 Å². The van der Waals surface area contributed by atoms with E-state index in [9.17, 15) is 4.79 Å². The summed E-state index contributed by atoms with van der Waals surface area (Å²) in [6.07, 6.45) is 2.06. The molecule has 1 N–H and O–H groups in total. The third kappa shape index (κ3) is 3.24. The van der Waals surface area contributed by atoms with E-state index in [0.29, 0.717) is 19.0 Å². The third-order valence-electron chi connectivity index (χ3n) is 4.10. The van der Waals surface area contributed by atoms with Crippen LogP contribution in [0.3, 0.4) is 0 Å². The Hall–Kier alpha value is -1.63. The van der Waals surface area contributed by atoms with Crippen LogP contribution in [0.25, 0.3) is 0 Å².